The van der Waals surface area contributed by atoms with Crippen LogP contribution in [0, 0.1) is 11.3 Å². The summed E-state index contributed by atoms with van der Waals surface area (Å²) in [5.41, 5.74) is 6.94. The number of carbonyl (C=O) groups is 1. The highest BCUT2D eigenvalue weighted by atomic mass is 16.5. The zero-order chi connectivity index (χ0) is 17.0. The van der Waals surface area contributed by atoms with Crippen LogP contribution in [0.5, 0.6) is 0 Å². The molecule has 0 bridgehead atoms. The van der Waals surface area contributed by atoms with Crippen molar-refractivity contribution in [1.82, 2.24) is 10.2 Å². The van der Waals surface area contributed by atoms with Gasteiger partial charge in [-0.1, -0.05) is 30.3 Å². The van der Waals surface area contributed by atoms with Crippen molar-refractivity contribution in [2.75, 3.05) is 46.4 Å². The lowest BCUT2D eigenvalue weighted by molar-refractivity contribution is -0.146. The molecule has 0 saturated carbocycles. The van der Waals surface area contributed by atoms with E-state index in [4.69, 9.17) is 10.5 Å². The number of likely N-dealkylation sites (tertiary alicyclic amines) is 1. The van der Waals surface area contributed by atoms with Crippen molar-refractivity contribution in [2.24, 2.45) is 17.1 Å². The van der Waals surface area contributed by atoms with E-state index < -0.39 is 0 Å². The summed E-state index contributed by atoms with van der Waals surface area (Å²) in [6.45, 7) is 4.41. The maximum atomic E-state index is 13.3. The van der Waals surface area contributed by atoms with Crippen LogP contribution < -0.4 is 11.1 Å². The Morgan fingerprint density at radius 3 is 2.62 bits per heavy atom. The fourth-order valence-electron chi connectivity index (χ4n) is 4.29. The molecule has 1 aromatic carbocycles. The molecule has 1 amide bonds. The Balaban J connectivity index is 1.78. The maximum absolute atomic E-state index is 13.3. The number of ether oxygens (including phenoxy) is 1. The molecule has 2 atom stereocenters. The lowest BCUT2D eigenvalue weighted by Gasteiger charge is -2.38. The molecular weight excluding hydrogens is 302 g/mol. The first-order chi connectivity index (χ1) is 11.7. The zero-order valence-electron chi connectivity index (χ0n) is 14.5. The van der Waals surface area contributed by atoms with Crippen molar-refractivity contribution in [3.8, 4) is 0 Å². The Morgan fingerprint density at radius 2 is 2.00 bits per heavy atom. The van der Waals surface area contributed by atoms with E-state index in [0.29, 0.717) is 25.0 Å². The molecule has 24 heavy (non-hydrogen) atoms. The first kappa shape index (κ1) is 17.4. The van der Waals surface area contributed by atoms with Gasteiger partial charge in [-0.05, 0) is 44.0 Å². The second-order valence-corrected chi connectivity index (χ2v) is 7.19. The number of rotatable bonds is 5. The number of hydrogen-bond acceptors (Lipinski definition) is 4. The van der Waals surface area contributed by atoms with Gasteiger partial charge in [0.05, 0.1) is 12.0 Å². The minimum Gasteiger partial charge on any atom is -0.384 e. The molecule has 2 heterocycles. The topological polar surface area (TPSA) is 67.6 Å². The van der Waals surface area contributed by atoms with Crippen molar-refractivity contribution in [2.45, 2.75) is 18.8 Å². The Labute approximate surface area is 144 Å². The predicted octanol–water partition coefficient (Wildman–Crippen LogP) is 1.20. The third kappa shape index (κ3) is 3.34. The summed E-state index contributed by atoms with van der Waals surface area (Å²) in [4.78, 5) is 15.4. The van der Waals surface area contributed by atoms with E-state index in [-0.39, 0.29) is 11.3 Å². The lowest BCUT2D eigenvalue weighted by atomic mass is 9.78. The molecular formula is C19H29N3O2. The minimum atomic E-state index is -0.370. The Hall–Kier alpha value is -1.43. The van der Waals surface area contributed by atoms with Crippen molar-refractivity contribution in [3.63, 3.8) is 0 Å². The molecule has 2 saturated heterocycles. The van der Waals surface area contributed by atoms with Gasteiger partial charge in [-0.15, -0.1) is 0 Å². The summed E-state index contributed by atoms with van der Waals surface area (Å²) in [7, 11) is 1.69. The van der Waals surface area contributed by atoms with Gasteiger partial charge in [-0.2, -0.15) is 0 Å². The van der Waals surface area contributed by atoms with Crippen LogP contribution in [-0.4, -0.2) is 57.2 Å². The van der Waals surface area contributed by atoms with Crippen molar-refractivity contribution < 1.29 is 9.53 Å². The fraction of sp³-hybridized carbons (Fsp3) is 0.632. The van der Waals surface area contributed by atoms with E-state index in [2.05, 4.69) is 29.6 Å². The number of piperidine rings is 1. The normalized spacial score (nSPS) is 26.5. The van der Waals surface area contributed by atoms with Gasteiger partial charge in [0.25, 0.3) is 0 Å². The van der Waals surface area contributed by atoms with Crippen LogP contribution in [-0.2, 0) is 9.53 Å². The highest BCUT2D eigenvalue weighted by Crippen LogP contribution is 2.37. The molecule has 0 aliphatic carbocycles. The molecule has 0 aromatic heterocycles. The molecule has 0 spiro atoms. The quantitative estimate of drug-likeness (QED) is 0.851. The molecule has 2 aliphatic rings. The molecule has 132 valence electrons. The summed E-state index contributed by atoms with van der Waals surface area (Å²) in [6, 6.07) is 10.5. The zero-order valence-corrected chi connectivity index (χ0v) is 14.5. The molecule has 3 rings (SSSR count). The van der Waals surface area contributed by atoms with Gasteiger partial charge in [-0.25, -0.2) is 0 Å². The molecule has 0 radical (unpaired) electrons. The van der Waals surface area contributed by atoms with E-state index in [9.17, 15) is 4.79 Å². The summed E-state index contributed by atoms with van der Waals surface area (Å²) in [5.74, 6) is 0.918. The average Bonchev–Trinajstić information content (AvgIpc) is 3.07. The van der Waals surface area contributed by atoms with Crippen molar-refractivity contribution in [3.05, 3.63) is 35.9 Å². The second kappa shape index (κ2) is 7.64. The maximum Gasteiger partial charge on any atom is 0.231 e. The van der Waals surface area contributed by atoms with Crippen LogP contribution in [0.1, 0.15) is 24.3 Å². The van der Waals surface area contributed by atoms with Crippen molar-refractivity contribution in [1.29, 1.82) is 0 Å². The number of carbonyl (C=O) groups excluding carboxylic acids is 1. The van der Waals surface area contributed by atoms with Crippen LogP contribution in [0.15, 0.2) is 30.3 Å². The third-order valence-electron chi connectivity index (χ3n) is 5.69. The largest absolute Gasteiger partial charge is 0.384 e. The summed E-state index contributed by atoms with van der Waals surface area (Å²) >= 11 is 0. The SMILES string of the molecule is COCC1(C(=O)N2C[C@@H](CN)[C@H](c3ccccc3)C2)CCNCC1. The van der Waals surface area contributed by atoms with Gasteiger partial charge < -0.3 is 20.7 Å². The van der Waals surface area contributed by atoms with Gasteiger partial charge >= 0.3 is 0 Å². The van der Waals surface area contributed by atoms with Gasteiger partial charge in [0, 0.05) is 26.1 Å². The third-order valence-corrected chi connectivity index (χ3v) is 5.69. The van der Waals surface area contributed by atoms with E-state index >= 15 is 0 Å². The molecule has 0 unspecified atom stereocenters. The fourth-order valence-corrected chi connectivity index (χ4v) is 4.29. The summed E-state index contributed by atoms with van der Waals surface area (Å²) in [5, 5.41) is 3.35. The number of hydrogen-bond donors (Lipinski definition) is 2. The van der Waals surface area contributed by atoms with Gasteiger partial charge in [0.15, 0.2) is 0 Å². The predicted molar refractivity (Wildman–Crippen MR) is 94.7 cm³/mol. The van der Waals surface area contributed by atoms with Gasteiger partial charge in [0.1, 0.15) is 0 Å². The molecule has 2 aliphatic heterocycles. The monoisotopic (exact) mass is 331 g/mol. The smallest absolute Gasteiger partial charge is 0.231 e. The number of benzene rings is 1. The first-order valence-electron chi connectivity index (χ1n) is 8.94. The van der Waals surface area contributed by atoms with Crippen LogP contribution in [0.4, 0.5) is 0 Å². The number of nitrogens with one attached hydrogen (secondary N) is 1. The van der Waals surface area contributed by atoms with E-state index in [1.807, 2.05) is 11.0 Å². The molecule has 3 N–H and O–H groups in total. The van der Waals surface area contributed by atoms with E-state index in [0.717, 1.165) is 39.0 Å². The molecule has 1 aromatic rings. The van der Waals surface area contributed by atoms with Crippen molar-refractivity contribution >= 4 is 5.91 Å². The second-order valence-electron chi connectivity index (χ2n) is 7.19. The minimum absolute atomic E-state index is 0.253. The van der Waals surface area contributed by atoms with Gasteiger partial charge in [0.2, 0.25) is 5.91 Å². The van der Waals surface area contributed by atoms with E-state index in [1.165, 1.54) is 5.56 Å². The standard InChI is InChI=1S/C19H29N3O2/c1-24-14-19(7-9-21-10-8-19)18(23)22-12-16(11-20)17(13-22)15-5-3-2-4-6-15/h2-6,16-17,21H,7-14,20H2,1H3/t16-,17+/m1/s1. The van der Waals surface area contributed by atoms with Crippen LogP contribution >= 0.6 is 0 Å². The lowest BCUT2D eigenvalue weighted by Crippen LogP contribution is -2.51. The first-order valence-corrected chi connectivity index (χ1v) is 8.94. The molecule has 5 nitrogen and oxygen atoms in total. The number of nitrogens with two attached hydrogens (primary N) is 1. The molecule has 5 heteroatoms. The highest BCUT2D eigenvalue weighted by molar-refractivity contribution is 5.83. The van der Waals surface area contributed by atoms with Gasteiger partial charge in [-0.3, -0.25) is 4.79 Å². The Bertz CT molecular complexity index is 537. The molecule has 2 fully saturated rings. The number of amides is 1. The van der Waals surface area contributed by atoms with Crippen LogP contribution in [0.25, 0.3) is 0 Å². The van der Waals surface area contributed by atoms with Crippen LogP contribution in [0.3, 0.4) is 0 Å². The Morgan fingerprint density at radius 1 is 1.29 bits per heavy atom. The Kier molecular flexibility index (Phi) is 5.54. The highest BCUT2D eigenvalue weighted by Gasteiger charge is 2.45. The summed E-state index contributed by atoms with van der Waals surface area (Å²) < 4.78 is 5.43. The average molecular weight is 331 g/mol. The number of nitrogens with zero attached hydrogens (tertiary/aromatic N) is 1. The number of methoxy groups -OCH3 is 1. The van der Waals surface area contributed by atoms with Crippen LogP contribution in [0.2, 0.25) is 0 Å². The van der Waals surface area contributed by atoms with E-state index in [1.54, 1.807) is 7.11 Å². The summed E-state index contributed by atoms with van der Waals surface area (Å²) in [6.07, 6.45) is 1.69.